The van der Waals surface area contributed by atoms with Gasteiger partial charge in [-0.3, -0.25) is 0 Å². The molecular weight excluding hydrogens is 450 g/mol. The summed E-state index contributed by atoms with van der Waals surface area (Å²) >= 11 is 0. The van der Waals surface area contributed by atoms with Gasteiger partial charge < -0.3 is 14.2 Å². The Kier molecular flexibility index (Phi) is 8.87. The molecule has 0 radical (unpaired) electrons. The fraction of sp³-hybridized carbons (Fsp3) is 0.161. The van der Waals surface area contributed by atoms with Crippen LogP contribution in [-0.2, 0) is 24.4 Å². The Bertz CT molecular complexity index is 1260. The molecule has 0 saturated heterocycles. The van der Waals surface area contributed by atoms with Crippen LogP contribution in [0.5, 0.6) is 11.5 Å². The molecule has 0 aliphatic rings. The second-order valence-corrected chi connectivity index (χ2v) is 8.28. The lowest BCUT2D eigenvalue weighted by molar-refractivity contribution is 0.0417. The highest BCUT2D eigenvalue weighted by atomic mass is 16.5. The van der Waals surface area contributed by atoms with Crippen molar-refractivity contribution in [1.29, 1.82) is 0 Å². The molecule has 0 aliphatic heterocycles. The van der Waals surface area contributed by atoms with Gasteiger partial charge in [0.15, 0.2) is 0 Å². The van der Waals surface area contributed by atoms with Crippen molar-refractivity contribution in [2.24, 2.45) is 0 Å². The first-order chi connectivity index (χ1) is 17.7. The van der Waals surface area contributed by atoms with Crippen LogP contribution in [0.25, 0.3) is 0 Å². The van der Waals surface area contributed by atoms with E-state index in [9.17, 15) is 4.79 Å². The first kappa shape index (κ1) is 24.7. The zero-order chi connectivity index (χ0) is 25.0. The molecule has 5 nitrogen and oxygen atoms in total. The van der Waals surface area contributed by atoms with Crippen molar-refractivity contribution in [3.05, 3.63) is 138 Å². The van der Waals surface area contributed by atoms with E-state index in [0.29, 0.717) is 25.3 Å². The molecule has 0 unspecified atom stereocenters. The molecule has 0 bridgehead atoms. The Hall–Kier alpha value is -4.38. The van der Waals surface area contributed by atoms with Gasteiger partial charge in [-0.15, -0.1) is 0 Å². The van der Waals surface area contributed by atoms with E-state index >= 15 is 0 Å². The van der Waals surface area contributed by atoms with E-state index in [4.69, 9.17) is 14.2 Å². The molecule has 4 aromatic rings. The minimum Gasteiger partial charge on any atom is -0.489 e. The summed E-state index contributed by atoms with van der Waals surface area (Å²) in [5, 5.41) is 0. The summed E-state index contributed by atoms with van der Waals surface area (Å²) in [5.41, 5.74) is 3.49. The normalized spacial score (nSPS) is 11.7. The van der Waals surface area contributed by atoms with E-state index in [0.717, 1.165) is 28.2 Å². The number of allylic oxidation sites excluding steroid dienone is 1. The number of aromatic nitrogens is 1. The molecule has 0 amide bonds. The molecule has 4 rings (SSSR count). The third-order valence-corrected chi connectivity index (χ3v) is 5.44. The lowest BCUT2D eigenvalue weighted by Crippen LogP contribution is -2.14. The maximum absolute atomic E-state index is 12.2. The molecular formula is C31H29NO4. The minimum atomic E-state index is -0.445. The van der Waals surface area contributed by atoms with Crippen molar-refractivity contribution in [2.45, 2.75) is 32.7 Å². The predicted octanol–water partition coefficient (Wildman–Crippen LogP) is 6.58. The van der Waals surface area contributed by atoms with E-state index in [1.165, 1.54) is 0 Å². The minimum absolute atomic E-state index is 0.292. The Morgan fingerprint density at radius 1 is 0.833 bits per heavy atom. The van der Waals surface area contributed by atoms with Gasteiger partial charge in [0.25, 0.3) is 0 Å². The second kappa shape index (κ2) is 12.9. The van der Waals surface area contributed by atoms with Crippen LogP contribution in [-0.4, -0.2) is 17.1 Å². The van der Waals surface area contributed by atoms with Crippen molar-refractivity contribution in [2.75, 3.05) is 0 Å². The fourth-order valence-corrected chi connectivity index (χ4v) is 3.54. The number of esters is 1. The van der Waals surface area contributed by atoms with Crippen LogP contribution in [0.15, 0.2) is 115 Å². The first-order valence-electron chi connectivity index (χ1n) is 11.9. The Labute approximate surface area is 212 Å². The number of carbonyl (C=O) groups excluding carboxylic acids is 1. The van der Waals surface area contributed by atoms with Crippen LogP contribution in [0, 0.1) is 0 Å². The summed E-state index contributed by atoms with van der Waals surface area (Å²) in [6.07, 6.45) is 5.64. The van der Waals surface area contributed by atoms with Gasteiger partial charge in [0.2, 0.25) is 0 Å². The molecule has 0 spiro atoms. The number of rotatable bonds is 11. The summed E-state index contributed by atoms with van der Waals surface area (Å²) < 4.78 is 17.7. The first-order valence-corrected chi connectivity index (χ1v) is 11.9. The monoisotopic (exact) mass is 479 g/mol. The topological polar surface area (TPSA) is 57.7 Å². The maximum atomic E-state index is 12.2. The van der Waals surface area contributed by atoms with E-state index in [1.54, 1.807) is 24.4 Å². The molecule has 1 heterocycles. The van der Waals surface area contributed by atoms with Crippen LogP contribution in [0.1, 0.15) is 34.1 Å². The summed E-state index contributed by atoms with van der Waals surface area (Å²) in [7, 11) is 0. The van der Waals surface area contributed by atoms with Crippen LogP contribution in [0.4, 0.5) is 0 Å². The summed E-state index contributed by atoms with van der Waals surface area (Å²) in [6, 6.07) is 31.1. The zero-order valence-electron chi connectivity index (χ0n) is 20.2. The van der Waals surface area contributed by atoms with Crippen molar-refractivity contribution in [1.82, 2.24) is 4.98 Å². The van der Waals surface area contributed by atoms with E-state index < -0.39 is 5.97 Å². The highest BCUT2D eigenvalue weighted by Gasteiger charge is 2.11. The lowest BCUT2D eigenvalue weighted by Gasteiger charge is -2.14. The van der Waals surface area contributed by atoms with Gasteiger partial charge in [0, 0.05) is 12.3 Å². The number of nitrogens with zero attached hydrogens (tertiary/aromatic N) is 1. The van der Waals surface area contributed by atoms with Crippen molar-refractivity contribution in [3.63, 3.8) is 0 Å². The van der Waals surface area contributed by atoms with Crippen LogP contribution in [0.2, 0.25) is 0 Å². The van der Waals surface area contributed by atoms with Gasteiger partial charge in [-0.2, -0.15) is 0 Å². The molecule has 36 heavy (non-hydrogen) atoms. The summed E-state index contributed by atoms with van der Waals surface area (Å²) in [5.74, 6) is 1.05. The molecule has 0 aliphatic carbocycles. The summed E-state index contributed by atoms with van der Waals surface area (Å²) in [6.45, 7) is 2.76. The SMILES string of the molecule is C[C@H](/C=C\Cc1ccc(OCc2ccccc2)cc1OCc1ccccc1)OC(=O)c1ccccn1. The van der Waals surface area contributed by atoms with E-state index in [1.807, 2.05) is 97.9 Å². The van der Waals surface area contributed by atoms with Crippen LogP contribution < -0.4 is 9.47 Å². The average molecular weight is 480 g/mol. The molecule has 1 aromatic heterocycles. The highest BCUT2D eigenvalue weighted by Crippen LogP contribution is 2.27. The number of pyridine rings is 1. The number of hydrogen-bond acceptors (Lipinski definition) is 5. The maximum Gasteiger partial charge on any atom is 0.357 e. The van der Waals surface area contributed by atoms with Crippen LogP contribution in [0.3, 0.4) is 0 Å². The molecule has 182 valence electrons. The van der Waals surface area contributed by atoms with E-state index in [2.05, 4.69) is 4.98 Å². The Morgan fingerprint density at radius 3 is 2.17 bits per heavy atom. The van der Waals surface area contributed by atoms with Crippen molar-refractivity contribution < 1.29 is 19.0 Å². The van der Waals surface area contributed by atoms with Gasteiger partial charge in [-0.25, -0.2) is 9.78 Å². The number of carbonyl (C=O) groups is 1. The molecule has 0 saturated carbocycles. The van der Waals surface area contributed by atoms with Crippen molar-refractivity contribution >= 4 is 5.97 Å². The van der Waals surface area contributed by atoms with Crippen LogP contribution >= 0.6 is 0 Å². The number of benzene rings is 3. The van der Waals surface area contributed by atoms with E-state index in [-0.39, 0.29) is 6.10 Å². The summed E-state index contributed by atoms with van der Waals surface area (Å²) in [4.78, 5) is 16.2. The molecule has 0 N–H and O–H groups in total. The third kappa shape index (κ3) is 7.57. The standard InChI is InChI=1S/C31H29NO4/c1-24(36-31(33)29-17-8-9-20-32-29)11-10-16-27-18-19-28(34-22-25-12-4-2-5-13-25)21-30(27)35-23-26-14-6-3-7-15-26/h2-15,17-21,24H,16,22-23H2,1H3/b11-10-/t24-/m1/s1. The molecule has 1 atom stereocenters. The van der Waals surface area contributed by atoms with Gasteiger partial charge in [-0.05, 0) is 54.3 Å². The van der Waals surface area contributed by atoms with Gasteiger partial charge >= 0.3 is 5.97 Å². The van der Waals surface area contributed by atoms with Gasteiger partial charge in [0.1, 0.15) is 36.5 Å². The van der Waals surface area contributed by atoms with Gasteiger partial charge in [0.05, 0.1) is 0 Å². The Balaban J connectivity index is 1.41. The Morgan fingerprint density at radius 2 is 1.50 bits per heavy atom. The largest absolute Gasteiger partial charge is 0.489 e. The smallest absolute Gasteiger partial charge is 0.357 e. The predicted molar refractivity (Wildman–Crippen MR) is 140 cm³/mol. The number of ether oxygens (including phenoxy) is 3. The zero-order valence-corrected chi connectivity index (χ0v) is 20.2. The molecule has 5 heteroatoms. The van der Waals surface area contributed by atoms with Crippen molar-refractivity contribution in [3.8, 4) is 11.5 Å². The molecule has 0 fully saturated rings. The average Bonchev–Trinajstić information content (AvgIpc) is 2.93. The molecule has 3 aromatic carbocycles. The lowest BCUT2D eigenvalue weighted by atomic mass is 10.1. The second-order valence-electron chi connectivity index (χ2n) is 8.28. The third-order valence-electron chi connectivity index (χ3n) is 5.44. The van der Waals surface area contributed by atoms with Gasteiger partial charge in [-0.1, -0.05) is 78.9 Å². The highest BCUT2D eigenvalue weighted by molar-refractivity contribution is 5.87. The fourth-order valence-electron chi connectivity index (χ4n) is 3.54. The quantitative estimate of drug-likeness (QED) is 0.180. The number of hydrogen-bond donors (Lipinski definition) is 0.